The van der Waals surface area contributed by atoms with Crippen molar-refractivity contribution < 1.29 is 9.21 Å². The van der Waals surface area contributed by atoms with Gasteiger partial charge in [0.25, 0.3) is 5.91 Å². The van der Waals surface area contributed by atoms with Gasteiger partial charge in [0.1, 0.15) is 0 Å². The van der Waals surface area contributed by atoms with Crippen molar-refractivity contribution in [2.75, 3.05) is 11.9 Å². The Bertz CT molecular complexity index is 371. The highest BCUT2D eigenvalue weighted by molar-refractivity contribution is 9.09. The number of aryl methyl sites for hydroxylation is 1. The highest BCUT2D eigenvalue weighted by Gasteiger charge is 2.20. The molecule has 17 heavy (non-hydrogen) atoms. The maximum absolute atomic E-state index is 11.8. The van der Waals surface area contributed by atoms with E-state index in [0.29, 0.717) is 12.3 Å². The molecule has 0 radical (unpaired) electrons. The minimum Gasteiger partial charge on any atom is -0.459 e. The van der Waals surface area contributed by atoms with E-state index in [9.17, 15) is 4.79 Å². The second-order valence-electron chi connectivity index (χ2n) is 5.07. The van der Waals surface area contributed by atoms with Crippen LogP contribution in [0.25, 0.3) is 0 Å². The fourth-order valence-electron chi connectivity index (χ4n) is 1.64. The van der Waals surface area contributed by atoms with E-state index in [4.69, 9.17) is 4.42 Å². The number of amides is 1. The summed E-state index contributed by atoms with van der Waals surface area (Å²) in [5.41, 5.74) is 0.991. The van der Waals surface area contributed by atoms with Crippen LogP contribution in [0.15, 0.2) is 16.7 Å². The fourth-order valence-corrected chi connectivity index (χ4v) is 1.92. The number of halogens is 1. The minimum atomic E-state index is -0.126. The van der Waals surface area contributed by atoms with Crippen molar-refractivity contribution in [1.82, 2.24) is 5.32 Å². The summed E-state index contributed by atoms with van der Waals surface area (Å²) in [6.45, 7) is 6.85. The molecular weight excluding hydrogens is 282 g/mol. The third-order valence-corrected chi connectivity index (χ3v) is 3.34. The predicted molar refractivity (Wildman–Crippen MR) is 72.6 cm³/mol. The average Bonchev–Trinajstić information content (AvgIpc) is 2.70. The lowest BCUT2D eigenvalue weighted by molar-refractivity contribution is 0.0906. The van der Waals surface area contributed by atoms with Crippen molar-refractivity contribution in [2.45, 2.75) is 33.6 Å². The summed E-state index contributed by atoms with van der Waals surface area (Å²) in [7, 11) is 0. The van der Waals surface area contributed by atoms with Gasteiger partial charge in [0, 0.05) is 17.4 Å². The molecule has 0 unspecified atom stereocenters. The molecule has 0 aliphatic heterocycles. The molecule has 1 amide bonds. The van der Waals surface area contributed by atoms with Gasteiger partial charge >= 0.3 is 0 Å². The lowest BCUT2D eigenvalue weighted by atomic mass is 9.88. The van der Waals surface area contributed by atoms with E-state index in [1.807, 2.05) is 6.92 Å². The minimum absolute atomic E-state index is 0.115. The number of furan rings is 1. The van der Waals surface area contributed by atoms with Gasteiger partial charge in [0.15, 0.2) is 5.76 Å². The molecule has 96 valence electrons. The molecule has 4 heteroatoms. The van der Waals surface area contributed by atoms with Gasteiger partial charge in [0.05, 0.1) is 6.26 Å². The van der Waals surface area contributed by atoms with Crippen LogP contribution in [0.1, 0.15) is 42.8 Å². The molecule has 0 aliphatic carbocycles. The van der Waals surface area contributed by atoms with Gasteiger partial charge in [-0.1, -0.05) is 29.8 Å². The van der Waals surface area contributed by atoms with E-state index in [0.717, 1.165) is 23.7 Å². The third kappa shape index (κ3) is 4.54. The first-order chi connectivity index (χ1) is 7.96. The number of nitrogens with one attached hydrogen (secondary N) is 1. The molecule has 0 aliphatic rings. The largest absolute Gasteiger partial charge is 0.459 e. The summed E-state index contributed by atoms with van der Waals surface area (Å²) in [4.78, 5) is 11.8. The monoisotopic (exact) mass is 301 g/mol. The van der Waals surface area contributed by atoms with Crippen LogP contribution in [0.3, 0.4) is 0 Å². The molecule has 1 aromatic rings. The first kappa shape index (κ1) is 14.3. The van der Waals surface area contributed by atoms with E-state index in [1.54, 1.807) is 12.3 Å². The van der Waals surface area contributed by atoms with E-state index < -0.39 is 0 Å². The molecule has 0 bridgehead atoms. The van der Waals surface area contributed by atoms with Crippen molar-refractivity contribution in [3.05, 3.63) is 23.7 Å². The van der Waals surface area contributed by atoms with E-state index >= 15 is 0 Å². The topological polar surface area (TPSA) is 42.2 Å². The van der Waals surface area contributed by atoms with E-state index in [-0.39, 0.29) is 11.3 Å². The SMILES string of the molecule is Cc1ccoc1C(=O)NCC(C)(C)CCCBr. The van der Waals surface area contributed by atoms with Crippen LogP contribution in [0.5, 0.6) is 0 Å². The smallest absolute Gasteiger partial charge is 0.287 e. The molecule has 0 aromatic carbocycles. The van der Waals surface area contributed by atoms with E-state index in [1.165, 1.54) is 0 Å². The van der Waals surface area contributed by atoms with Gasteiger partial charge in [-0.3, -0.25) is 4.79 Å². The van der Waals surface area contributed by atoms with Gasteiger partial charge in [0.2, 0.25) is 0 Å². The Morgan fingerprint density at radius 1 is 1.53 bits per heavy atom. The fraction of sp³-hybridized carbons (Fsp3) is 0.615. The highest BCUT2D eigenvalue weighted by atomic mass is 79.9. The van der Waals surface area contributed by atoms with Crippen molar-refractivity contribution in [1.29, 1.82) is 0 Å². The summed E-state index contributed by atoms with van der Waals surface area (Å²) < 4.78 is 5.15. The number of carbonyl (C=O) groups excluding carboxylic acids is 1. The molecule has 1 N–H and O–H groups in total. The average molecular weight is 302 g/mol. The van der Waals surface area contributed by atoms with Gasteiger partial charge < -0.3 is 9.73 Å². The van der Waals surface area contributed by atoms with Crippen LogP contribution >= 0.6 is 15.9 Å². The molecule has 1 aromatic heterocycles. The maximum atomic E-state index is 11.8. The van der Waals surface area contributed by atoms with Crippen LogP contribution in [0.4, 0.5) is 0 Å². The Hall–Kier alpha value is -0.770. The Balaban J connectivity index is 2.45. The lowest BCUT2D eigenvalue weighted by Crippen LogP contribution is -2.34. The van der Waals surface area contributed by atoms with E-state index in [2.05, 4.69) is 35.1 Å². The van der Waals surface area contributed by atoms with Crippen molar-refractivity contribution >= 4 is 21.8 Å². The summed E-state index contributed by atoms with van der Waals surface area (Å²) >= 11 is 3.42. The summed E-state index contributed by atoms with van der Waals surface area (Å²) in [5.74, 6) is 0.292. The first-order valence-corrected chi connectivity index (χ1v) is 6.97. The molecule has 1 rings (SSSR count). The first-order valence-electron chi connectivity index (χ1n) is 5.84. The highest BCUT2D eigenvalue weighted by Crippen LogP contribution is 2.22. The number of hydrogen-bond acceptors (Lipinski definition) is 2. The van der Waals surface area contributed by atoms with Gasteiger partial charge in [-0.25, -0.2) is 0 Å². The second kappa shape index (κ2) is 6.24. The maximum Gasteiger partial charge on any atom is 0.287 e. The molecular formula is C13H20BrNO2. The zero-order valence-electron chi connectivity index (χ0n) is 10.7. The van der Waals surface area contributed by atoms with Crippen molar-refractivity contribution in [3.8, 4) is 0 Å². The lowest BCUT2D eigenvalue weighted by Gasteiger charge is -2.24. The molecule has 0 saturated carbocycles. The molecule has 0 spiro atoms. The zero-order chi connectivity index (χ0) is 12.9. The number of rotatable bonds is 6. The molecule has 0 fully saturated rings. The van der Waals surface area contributed by atoms with Gasteiger partial charge in [-0.2, -0.15) is 0 Å². The van der Waals surface area contributed by atoms with Crippen LogP contribution in [-0.4, -0.2) is 17.8 Å². The van der Waals surface area contributed by atoms with Crippen LogP contribution in [-0.2, 0) is 0 Å². The predicted octanol–water partition coefficient (Wildman–Crippen LogP) is 3.52. The Kier molecular flexibility index (Phi) is 5.25. The second-order valence-corrected chi connectivity index (χ2v) is 5.87. The van der Waals surface area contributed by atoms with Gasteiger partial charge in [-0.15, -0.1) is 0 Å². The third-order valence-electron chi connectivity index (χ3n) is 2.78. The number of carbonyl (C=O) groups is 1. The van der Waals surface area contributed by atoms with Crippen LogP contribution < -0.4 is 5.32 Å². The molecule has 0 saturated heterocycles. The number of hydrogen-bond donors (Lipinski definition) is 1. The van der Waals surface area contributed by atoms with Crippen LogP contribution in [0.2, 0.25) is 0 Å². The van der Waals surface area contributed by atoms with Crippen molar-refractivity contribution in [3.63, 3.8) is 0 Å². The summed E-state index contributed by atoms with van der Waals surface area (Å²) in [6.07, 6.45) is 3.73. The van der Waals surface area contributed by atoms with Crippen LogP contribution in [0, 0.1) is 12.3 Å². The quantitative estimate of drug-likeness (QED) is 0.817. The zero-order valence-corrected chi connectivity index (χ0v) is 12.3. The molecule has 0 atom stereocenters. The normalized spacial score (nSPS) is 11.5. The number of alkyl halides is 1. The van der Waals surface area contributed by atoms with Gasteiger partial charge in [-0.05, 0) is 31.2 Å². The summed E-state index contributed by atoms with van der Waals surface area (Å²) in [5, 5.41) is 3.93. The Morgan fingerprint density at radius 2 is 2.24 bits per heavy atom. The Labute approximate surface area is 111 Å². The summed E-state index contributed by atoms with van der Waals surface area (Å²) in [6, 6.07) is 1.80. The van der Waals surface area contributed by atoms with Crippen molar-refractivity contribution in [2.24, 2.45) is 5.41 Å². The molecule has 3 nitrogen and oxygen atoms in total. The molecule has 1 heterocycles. The standard InChI is InChI=1S/C13H20BrNO2/c1-10-5-8-17-11(10)12(16)15-9-13(2,3)6-4-7-14/h5,8H,4,6-7,9H2,1-3H3,(H,15,16). The Morgan fingerprint density at radius 3 is 2.76 bits per heavy atom.